The molecule has 7 nitrogen and oxygen atoms in total. The fourth-order valence-electron chi connectivity index (χ4n) is 2.22. The van der Waals surface area contributed by atoms with Crippen molar-refractivity contribution in [2.75, 3.05) is 19.1 Å². The first-order valence-corrected chi connectivity index (χ1v) is 8.25. The van der Waals surface area contributed by atoms with Crippen molar-refractivity contribution in [3.8, 4) is 22.8 Å². The highest BCUT2D eigenvalue weighted by Crippen LogP contribution is 2.20. The van der Waals surface area contributed by atoms with Crippen LogP contribution in [0.5, 0.6) is 11.5 Å². The van der Waals surface area contributed by atoms with E-state index in [1.807, 2.05) is 48.5 Å². The number of aromatic nitrogens is 3. The van der Waals surface area contributed by atoms with Crippen LogP contribution in [-0.4, -0.2) is 35.1 Å². The largest absolute Gasteiger partial charge is 0.497 e. The molecule has 27 heavy (non-hydrogen) atoms. The number of anilines is 1. The summed E-state index contributed by atoms with van der Waals surface area (Å²) in [5.74, 6) is 1.87. The Morgan fingerprint density at radius 2 is 1.81 bits per heavy atom. The second-order valence-corrected chi connectivity index (χ2v) is 5.43. The van der Waals surface area contributed by atoms with E-state index >= 15 is 0 Å². The lowest BCUT2D eigenvalue weighted by atomic mass is 10.1. The Morgan fingerprint density at radius 1 is 1.07 bits per heavy atom. The Hall–Kier alpha value is -3.74. The molecule has 0 bridgehead atoms. The number of hydrazone groups is 1. The fourth-order valence-corrected chi connectivity index (χ4v) is 2.22. The molecule has 0 amide bonds. The topological polar surface area (TPSA) is 81.5 Å². The summed E-state index contributed by atoms with van der Waals surface area (Å²) in [5, 5.41) is 12.1. The van der Waals surface area contributed by atoms with Gasteiger partial charge in [0.25, 0.3) is 5.95 Å². The van der Waals surface area contributed by atoms with E-state index in [1.165, 1.54) is 0 Å². The van der Waals surface area contributed by atoms with Gasteiger partial charge in [-0.25, -0.2) is 10.4 Å². The highest BCUT2D eigenvalue weighted by atomic mass is 16.5. The summed E-state index contributed by atoms with van der Waals surface area (Å²) >= 11 is 0. The van der Waals surface area contributed by atoms with Gasteiger partial charge in [-0.2, -0.15) is 10.2 Å². The van der Waals surface area contributed by atoms with Gasteiger partial charge >= 0.3 is 0 Å². The van der Waals surface area contributed by atoms with Crippen molar-refractivity contribution in [1.29, 1.82) is 0 Å². The molecule has 0 saturated carbocycles. The minimum absolute atomic E-state index is 0.311. The predicted molar refractivity (Wildman–Crippen MR) is 105 cm³/mol. The molecule has 3 aromatic rings. The summed E-state index contributed by atoms with van der Waals surface area (Å²) in [6.45, 7) is 4.09. The molecule has 0 aliphatic rings. The van der Waals surface area contributed by atoms with E-state index < -0.39 is 0 Å². The van der Waals surface area contributed by atoms with Gasteiger partial charge in [0.1, 0.15) is 18.1 Å². The van der Waals surface area contributed by atoms with Gasteiger partial charge in [0.2, 0.25) is 0 Å². The molecule has 3 rings (SSSR count). The molecule has 0 aliphatic carbocycles. The van der Waals surface area contributed by atoms with Crippen LogP contribution >= 0.6 is 0 Å². The molecule has 7 heteroatoms. The Balaban J connectivity index is 1.63. The molecule has 1 N–H and O–H groups in total. The maximum atomic E-state index is 5.44. The number of nitrogens with zero attached hydrogens (tertiary/aromatic N) is 4. The second-order valence-electron chi connectivity index (χ2n) is 5.43. The van der Waals surface area contributed by atoms with Crippen molar-refractivity contribution in [2.45, 2.75) is 0 Å². The molecule has 0 aliphatic heterocycles. The molecule has 2 aromatic carbocycles. The lowest BCUT2D eigenvalue weighted by Gasteiger charge is -2.04. The van der Waals surface area contributed by atoms with Crippen LogP contribution in [0.3, 0.4) is 0 Å². The molecular weight excluding hydrogens is 342 g/mol. The summed E-state index contributed by atoms with van der Waals surface area (Å²) in [6.07, 6.45) is 4.97. The average Bonchev–Trinajstić information content (AvgIpc) is 2.73. The van der Waals surface area contributed by atoms with E-state index in [-0.39, 0.29) is 0 Å². The molecule has 0 unspecified atom stereocenters. The zero-order chi connectivity index (χ0) is 18.9. The van der Waals surface area contributed by atoms with E-state index in [0.29, 0.717) is 18.2 Å². The van der Waals surface area contributed by atoms with E-state index in [2.05, 4.69) is 32.3 Å². The number of hydrogen-bond acceptors (Lipinski definition) is 7. The van der Waals surface area contributed by atoms with Gasteiger partial charge in [0.15, 0.2) is 0 Å². The SMILES string of the molecule is C=CCOc1ccc(/C=N/Nc2nncc(-c3ccc(OC)cc3)n2)cc1. The number of benzene rings is 2. The molecule has 0 radical (unpaired) electrons. The maximum Gasteiger partial charge on any atom is 0.263 e. The van der Waals surface area contributed by atoms with E-state index in [4.69, 9.17) is 9.47 Å². The summed E-state index contributed by atoms with van der Waals surface area (Å²) in [6, 6.07) is 15.1. The van der Waals surface area contributed by atoms with Crippen LogP contribution in [0.1, 0.15) is 5.56 Å². The lowest BCUT2D eigenvalue weighted by molar-refractivity contribution is 0.363. The van der Waals surface area contributed by atoms with E-state index in [1.54, 1.807) is 25.6 Å². The van der Waals surface area contributed by atoms with Crippen LogP contribution in [0.25, 0.3) is 11.3 Å². The first-order chi connectivity index (χ1) is 13.3. The van der Waals surface area contributed by atoms with Crippen molar-refractivity contribution in [1.82, 2.24) is 15.2 Å². The molecular formula is C20H19N5O2. The molecule has 0 atom stereocenters. The van der Waals surface area contributed by atoms with Gasteiger partial charge in [0, 0.05) is 5.56 Å². The number of ether oxygens (including phenoxy) is 2. The zero-order valence-corrected chi connectivity index (χ0v) is 14.9. The fraction of sp³-hybridized carbons (Fsp3) is 0.100. The predicted octanol–water partition coefficient (Wildman–Crippen LogP) is 3.56. The van der Waals surface area contributed by atoms with Crippen LogP contribution in [0, 0.1) is 0 Å². The summed E-state index contributed by atoms with van der Waals surface area (Å²) < 4.78 is 10.6. The normalized spacial score (nSPS) is 10.6. The van der Waals surface area contributed by atoms with Gasteiger partial charge in [0.05, 0.1) is 25.2 Å². The maximum absolute atomic E-state index is 5.44. The Labute approximate surface area is 157 Å². The molecule has 1 aromatic heterocycles. The van der Waals surface area contributed by atoms with Crippen molar-refractivity contribution < 1.29 is 9.47 Å². The highest BCUT2D eigenvalue weighted by Gasteiger charge is 2.03. The number of hydrogen-bond donors (Lipinski definition) is 1. The first-order valence-electron chi connectivity index (χ1n) is 8.25. The quantitative estimate of drug-likeness (QED) is 0.375. The molecule has 0 saturated heterocycles. The van der Waals surface area contributed by atoms with Crippen LogP contribution in [0.2, 0.25) is 0 Å². The van der Waals surface area contributed by atoms with E-state index in [9.17, 15) is 0 Å². The Bertz CT molecular complexity index is 908. The van der Waals surface area contributed by atoms with Crippen molar-refractivity contribution >= 4 is 12.2 Å². The Morgan fingerprint density at radius 3 is 2.52 bits per heavy atom. The minimum atomic E-state index is 0.311. The standard InChI is InChI=1S/C20H19N5O2/c1-3-12-27-18-8-4-15(5-9-18)13-21-24-20-23-19(14-22-25-20)16-6-10-17(26-2)11-7-16/h3-11,13-14H,1,12H2,2H3,(H,23,24,25)/b21-13+. The smallest absolute Gasteiger partial charge is 0.263 e. The molecule has 0 fully saturated rings. The van der Waals surface area contributed by atoms with Crippen LogP contribution in [-0.2, 0) is 0 Å². The minimum Gasteiger partial charge on any atom is -0.497 e. The summed E-state index contributed by atoms with van der Waals surface area (Å²) in [7, 11) is 1.63. The number of nitrogens with one attached hydrogen (secondary N) is 1. The van der Waals surface area contributed by atoms with Crippen molar-refractivity contribution in [2.24, 2.45) is 5.10 Å². The van der Waals surface area contributed by atoms with Crippen LogP contribution in [0.15, 0.2) is 72.5 Å². The number of rotatable bonds is 8. The van der Waals surface area contributed by atoms with Gasteiger partial charge in [-0.05, 0) is 54.1 Å². The average molecular weight is 361 g/mol. The van der Waals surface area contributed by atoms with Gasteiger partial charge in [-0.1, -0.05) is 12.7 Å². The van der Waals surface area contributed by atoms with Gasteiger partial charge in [-0.15, -0.1) is 5.10 Å². The van der Waals surface area contributed by atoms with Crippen LogP contribution in [0.4, 0.5) is 5.95 Å². The monoisotopic (exact) mass is 361 g/mol. The lowest BCUT2D eigenvalue weighted by Crippen LogP contribution is -2.00. The van der Waals surface area contributed by atoms with Crippen molar-refractivity contribution in [3.05, 3.63) is 72.9 Å². The first kappa shape index (κ1) is 18.1. The highest BCUT2D eigenvalue weighted by molar-refractivity contribution is 5.80. The van der Waals surface area contributed by atoms with Crippen molar-refractivity contribution in [3.63, 3.8) is 0 Å². The third-order valence-electron chi connectivity index (χ3n) is 3.57. The molecule has 136 valence electrons. The third-order valence-corrected chi connectivity index (χ3v) is 3.57. The second kappa shape index (κ2) is 9.10. The van der Waals surface area contributed by atoms with Gasteiger partial charge in [-0.3, -0.25) is 0 Å². The summed E-state index contributed by atoms with van der Waals surface area (Å²) in [4.78, 5) is 4.41. The van der Waals surface area contributed by atoms with Gasteiger partial charge < -0.3 is 9.47 Å². The third kappa shape index (κ3) is 5.12. The summed E-state index contributed by atoms with van der Waals surface area (Å²) in [5.41, 5.74) is 5.30. The Kier molecular flexibility index (Phi) is 6.08. The van der Waals surface area contributed by atoms with E-state index in [0.717, 1.165) is 22.6 Å². The molecule has 0 spiro atoms. The van der Waals surface area contributed by atoms with Crippen LogP contribution < -0.4 is 14.9 Å². The zero-order valence-electron chi connectivity index (χ0n) is 14.9. The molecule has 1 heterocycles. The number of methoxy groups -OCH3 is 1.